The summed E-state index contributed by atoms with van der Waals surface area (Å²) in [4.78, 5) is 89.4. The Kier molecular flexibility index (Phi) is 40.1. The van der Waals surface area contributed by atoms with Crippen LogP contribution in [0.4, 0.5) is 32.2 Å². The zero-order valence-corrected chi connectivity index (χ0v) is 87.9. The van der Waals surface area contributed by atoms with Crippen LogP contribution in [0.25, 0.3) is 66.5 Å². The average Bonchev–Trinajstić information content (AvgIpc) is 1.59. The van der Waals surface area contributed by atoms with E-state index >= 15 is 0 Å². The number of hydrogen-bond acceptors (Lipinski definition) is 20. The van der Waals surface area contributed by atoms with Gasteiger partial charge in [0.25, 0.3) is 16.5 Å². The monoisotopic (exact) mass is 1990 g/mol. The molecule has 6 aliphatic rings. The summed E-state index contributed by atoms with van der Waals surface area (Å²) in [6, 6.07) is 62.7. The number of amides is 3. The van der Waals surface area contributed by atoms with E-state index in [0.29, 0.717) is 117 Å². The summed E-state index contributed by atoms with van der Waals surface area (Å²) in [5.74, 6) is 5.79. The maximum Gasteiger partial charge on any atom is 1.00 e. The second kappa shape index (κ2) is 52.8. The Bertz CT molecular complexity index is 5980. The third kappa shape index (κ3) is 29.0. The van der Waals surface area contributed by atoms with Crippen molar-refractivity contribution in [1.29, 1.82) is 0 Å². The normalized spacial score (nSPS) is 18.7. The Balaban J connectivity index is 0.000000172. The molecule has 6 fully saturated rings. The van der Waals surface area contributed by atoms with Crippen molar-refractivity contribution in [3.05, 3.63) is 263 Å². The number of carbonyl (C=O) groups excluding carboxylic acids is 4. The Morgan fingerprint density at radius 2 is 0.710 bits per heavy atom. The summed E-state index contributed by atoms with van der Waals surface area (Å²) in [5.41, 5.74) is 10.3. The van der Waals surface area contributed by atoms with Gasteiger partial charge in [-0.25, -0.2) is 56.7 Å². The number of carbonyl (C=O) groups is 4. The van der Waals surface area contributed by atoms with Crippen LogP contribution in [-0.2, 0) is 53.7 Å². The van der Waals surface area contributed by atoms with Crippen LogP contribution in [0.3, 0.4) is 0 Å². The number of nitrogens with one attached hydrogen (secondary N) is 5. The molecule has 6 aromatic heterocycles. The van der Waals surface area contributed by atoms with E-state index in [1.807, 2.05) is 161 Å². The number of aromatic nitrogens is 9. The van der Waals surface area contributed by atoms with Gasteiger partial charge in [-0.05, 0) is 160 Å². The molecule has 3 amide bonds. The second-order valence-electron chi connectivity index (χ2n) is 36.8. The number of fused-ring (bicyclic) bond motifs is 3. The van der Waals surface area contributed by atoms with Gasteiger partial charge < -0.3 is 66.4 Å². The Morgan fingerprint density at radius 1 is 0.406 bits per heavy atom. The topological polar surface area (TPSA) is 322 Å². The smallest absolute Gasteiger partial charge is 1.00 e. The summed E-state index contributed by atoms with van der Waals surface area (Å²) < 4.78 is 45.3. The average molecular weight is 2000 g/mol. The van der Waals surface area contributed by atoms with Gasteiger partial charge in [-0.1, -0.05) is 276 Å². The van der Waals surface area contributed by atoms with Crippen molar-refractivity contribution < 1.29 is 156 Å². The van der Waals surface area contributed by atoms with Crippen LogP contribution in [0.2, 0.25) is 15.1 Å². The third-order valence-electron chi connectivity index (χ3n) is 27.7. The maximum atomic E-state index is 13.7. The minimum absolute atomic E-state index is 0. The molecule has 5 N–H and O–H groups in total. The van der Waals surface area contributed by atoms with Crippen LogP contribution in [-0.4, -0.2) is 149 Å². The fourth-order valence-corrected chi connectivity index (χ4v) is 22.3. The van der Waals surface area contributed by atoms with E-state index in [1.165, 1.54) is 74.6 Å². The molecule has 19 rings (SSSR count). The maximum absolute atomic E-state index is 13.7. The van der Waals surface area contributed by atoms with Crippen LogP contribution >= 0.6 is 34.8 Å². The minimum atomic E-state index is -3.85. The van der Waals surface area contributed by atoms with E-state index in [9.17, 15) is 22.8 Å². The third-order valence-corrected chi connectivity index (χ3v) is 30.2. The van der Waals surface area contributed by atoms with Crippen molar-refractivity contribution in [2.24, 2.45) is 35.5 Å². The van der Waals surface area contributed by atoms with Crippen molar-refractivity contribution in [1.82, 2.24) is 58.5 Å². The molecule has 0 spiro atoms. The van der Waals surface area contributed by atoms with E-state index in [4.69, 9.17) is 74.0 Å². The molecule has 26 nitrogen and oxygen atoms in total. The van der Waals surface area contributed by atoms with Crippen molar-refractivity contribution in [2.45, 2.75) is 197 Å². The van der Waals surface area contributed by atoms with Crippen molar-refractivity contribution >= 4 is 120 Å². The van der Waals surface area contributed by atoms with Crippen LogP contribution in [0, 0.1) is 35.5 Å². The largest absolute Gasteiger partial charge is 1.00 e. The summed E-state index contributed by atoms with van der Waals surface area (Å²) in [7, 11) is -3.85. The van der Waals surface area contributed by atoms with Gasteiger partial charge in [0.2, 0.25) is 17.8 Å². The van der Waals surface area contributed by atoms with Crippen LogP contribution in [0.5, 0.6) is 0 Å². The molecule has 13 aromatic rings. The molecule has 3 aliphatic carbocycles. The quantitative estimate of drug-likeness (QED) is 0.0105. The van der Waals surface area contributed by atoms with Gasteiger partial charge >= 0.3 is 121 Å². The summed E-state index contributed by atoms with van der Waals surface area (Å²) >= 11 is 19.8. The number of H-pyrrole nitrogens is 2. The van der Waals surface area contributed by atoms with Gasteiger partial charge in [-0.3, -0.25) is 4.79 Å². The van der Waals surface area contributed by atoms with E-state index in [0.717, 1.165) is 189 Å². The number of nitrogens with zero attached hydrogens (tertiary/aromatic N) is 10. The first kappa shape index (κ1) is 105. The van der Waals surface area contributed by atoms with Gasteiger partial charge in [0.15, 0.2) is 0 Å². The molecule has 0 radical (unpaired) electrons. The van der Waals surface area contributed by atoms with Crippen molar-refractivity contribution in [3.8, 4) is 33.8 Å². The standard InChI is InChI=1S/C39H42ClN5O4S.2C33H38ClN5O2.CH2O3.2K.H/c40-35-25-41-38(43-37(35)34-26-45(36-17-8-7-16-33(34)36)50(47,48)32-14-5-2-6-15-32)42-31-13-9-12-29(24-31)19-18-28-20-22-44(23-21-28)39(46)49-27-30-10-3-1-4-11-30;2*34-29-21-36-32(38-31(29)28-20-35-30-12-5-4-11-27(28)30)37-26-10-6-9-24(19-26)14-13-23-15-17-39(18-16-23)33(40)41-22-25-7-2-1-3-8-25;2-1-4-3;;;/h1-8,10-11,14-17,25-26,28-29,31H,9,12-13,18-24,27H2,(H,41,42,43);2*1-5,7-8,11-12,20-21,23-24,26,35H,6,9-10,13-19,22H2,(H,36,37,38);1,3H;;;/q;;;;2*+1;-1/p-1/t29-,31?;2*24-,26-;;;;/m110..../s1. The molecule has 3 aliphatic heterocycles. The predicted octanol–water partition coefficient (Wildman–Crippen LogP) is 17.5. The summed E-state index contributed by atoms with van der Waals surface area (Å²) in [6.45, 7) is 5.46. The van der Waals surface area contributed by atoms with Gasteiger partial charge in [-0.2, -0.15) is 0 Å². The number of rotatable bonds is 27. The van der Waals surface area contributed by atoms with Crippen molar-refractivity contribution in [2.75, 3.05) is 55.2 Å². The first-order valence-corrected chi connectivity index (χ1v) is 50.6. The molecule has 1 unspecified atom stereocenters. The number of anilines is 3. The Labute approximate surface area is 909 Å². The molecular weight excluding hydrogens is 1880 g/mol. The van der Waals surface area contributed by atoms with Gasteiger partial charge in [-0.15, -0.1) is 0 Å². The number of para-hydroxylation sites is 3. The minimum Gasteiger partial charge on any atom is -1.00 e. The SMILES string of the molecule is O=C(OCc1ccccc1)N1CCC(CC[C@@H]2CCC[C@H](Nc3ncc(Cl)c(-c4c[nH]c5ccccc45)n3)C2)CC1.O=C(OCc1ccccc1)N1CCC(CC[C@H]2CCCC(Nc3ncc(Cl)c(-c4cn(S(=O)(=O)c5ccccc5)c5ccccc45)n3)C2)CC1.O=C(OCc1ccccc1)N1CCC(CC[C@H]2CCC[C@@H](Nc3ncc(Cl)c(-c4c[nH]c5ccccc45)n3)C2)CC1.O=CO[O-].[H-].[K+].[K+]. The molecule has 714 valence electrons. The summed E-state index contributed by atoms with van der Waals surface area (Å²) in [6.07, 6.45) is 37.5. The van der Waals surface area contributed by atoms with Gasteiger partial charge in [0.05, 0.1) is 61.2 Å². The number of hydrogen-bond donors (Lipinski definition) is 5. The molecule has 138 heavy (non-hydrogen) atoms. The van der Waals surface area contributed by atoms with Crippen LogP contribution in [0.15, 0.2) is 236 Å². The molecule has 3 saturated carbocycles. The first-order valence-electron chi connectivity index (χ1n) is 48.0. The number of halogens is 3. The van der Waals surface area contributed by atoms with Gasteiger partial charge in [0, 0.05) is 120 Å². The summed E-state index contributed by atoms with van der Waals surface area (Å²) in [5, 5.41) is 23.7. The van der Waals surface area contributed by atoms with Gasteiger partial charge in [0.1, 0.15) is 19.8 Å². The van der Waals surface area contributed by atoms with E-state index in [1.54, 1.807) is 61.2 Å². The van der Waals surface area contributed by atoms with E-state index in [2.05, 4.69) is 70.0 Å². The number of ether oxygens (including phenoxy) is 3. The number of benzene rings is 7. The molecule has 9 heterocycles. The molecule has 32 heteroatoms. The Morgan fingerprint density at radius 3 is 1.06 bits per heavy atom. The Hall–Kier alpha value is -8.87. The molecule has 0 bridgehead atoms. The molecule has 7 aromatic carbocycles. The van der Waals surface area contributed by atoms with Crippen LogP contribution in [0.1, 0.15) is 172 Å². The van der Waals surface area contributed by atoms with Crippen molar-refractivity contribution in [3.63, 3.8) is 0 Å². The van der Waals surface area contributed by atoms with Crippen LogP contribution < -0.4 is 124 Å². The zero-order chi connectivity index (χ0) is 94.0. The zero-order valence-electron chi connectivity index (χ0n) is 79.6. The first-order chi connectivity index (χ1) is 66.5. The fourth-order valence-electron chi connectivity index (χ4n) is 20.3. The van der Waals surface area contributed by atoms with E-state index < -0.39 is 10.0 Å². The molecule has 3 saturated heterocycles. The predicted molar refractivity (Wildman–Crippen MR) is 533 cm³/mol. The number of aromatic amines is 2. The molecule has 6 atom stereocenters. The fraction of sp³-hybridized carbons (Fsp3) is 0.396. The number of piperidine rings is 3. The molecular formula is C106H120Cl3K2N15O11S. The van der Waals surface area contributed by atoms with E-state index in [-0.39, 0.29) is 140 Å². The number of likely N-dealkylation sites (tertiary alicyclic amines) is 3. The second-order valence-corrected chi connectivity index (χ2v) is 39.8.